The summed E-state index contributed by atoms with van der Waals surface area (Å²) in [6, 6.07) is 3.94. The van der Waals surface area contributed by atoms with Gasteiger partial charge in [0.1, 0.15) is 0 Å². The van der Waals surface area contributed by atoms with Gasteiger partial charge in [0.25, 0.3) is 0 Å². The van der Waals surface area contributed by atoms with Gasteiger partial charge in [-0.15, -0.1) is 11.3 Å². The van der Waals surface area contributed by atoms with Crippen molar-refractivity contribution >= 4 is 23.3 Å². The predicted molar refractivity (Wildman–Crippen MR) is 85.8 cm³/mol. The third-order valence-electron chi connectivity index (χ3n) is 5.08. The number of esters is 2. The van der Waals surface area contributed by atoms with Crippen LogP contribution in [0.1, 0.15) is 44.9 Å². The van der Waals surface area contributed by atoms with Crippen LogP contribution in [0.3, 0.4) is 0 Å². The zero-order valence-corrected chi connectivity index (χ0v) is 14.7. The summed E-state index contributed by atoms with van der Waals surface area (Å²) in [5.41, 5.74) is -1.87. The Bertz CT molecular complexity index is 545. The van der Waals surface area contributed by atoms with Gasteiger partial charge in [0.2, 0.25) is 0 Å². The van der Waals surface area contributed by atoms with Crippen LogP contribution >= 0.6 is 11.3 Å². The van der Waals surface area contributed by atoms with E-state index in [1.54, 1.807) is 11.3 Å². The second-order valence-corrected chi connectivity index (χ2v) is 7.99. The highest BCUT2D eigenvalue weighted by molar-refractivity contribution is 7.10. The molecule has 0 N–H and O–H groups in total. The molecule has 1 aliphatic rings. The van der Waals surface area contributed by atoms with Crippen molar-refractivity contribution in [2.45, 2.75) is 45.4 Å². The van der Waals surface area contributed by atoms with Crippen molar-refractivity contribution in [3.63, 3.8) is 0 Å². The van der Waals surface area contributed by atoms with E-state index in [-0.39, 0.29) is 5.41 Å². The lowest BCUT2D eigenvalue weighted by Crippen LogP contribution is -2.59. The fourth-order valence-electron chi connectivity index (χ4n) is 3.97. The Morgan fingerprint density at radius 3 is 2.14 bits per heavy atom. The molecular weight excluding hydrogens is 300 g/mol. The fourth-order valence-corrected chi connectivity index (χ4v) is 4.94. The van der Waals surface area contributed by atoms with E-state index in [4.69, 9.17) is 9.47 Å². The Morgan fingerprint density at radius 2 is 1.68 bits per heavy atom. The smallest absolute Gasteiger partial charge is 0.324 e. The Balaban J connectivity index is 2.68. The zero-order valence-electron chi connectivity index (χ0n) is 13.9. The van der Waals surface area contributed by atoms with E-state index in [9.17, 15) is 9.59 Å². The molecular formula is C17H24O4S. The van der Waals surface area contributed by atoms with Crippen LogP contribution in [0.4, 0.5) is 0 Å². The summed E-state index contributed by atoms with van der Waals surface area (Å²) in [6.07, 6.45) is 1.94. The number of thiophene rings is 1. The summed E-state index contributed by atoms with van der Waals surface area (Å²) in [5.74, 6) is -0.989. The highest BCUT2D eigenvalue weighted by Crippen LogP contribution is 2.59. The van der Waals surface area contributed by atoms with Gasteiger partial charge in [-0.3, -0.25) is 9.59 Å². The molecule has 0 saturated heterocycles. The molecule has 0 radical (unpaired) electrons. The van der Waals surface area contributed by atoms with E-state index < -0.39 is 22.8 Å². The minimum absolute atomic E-state index is 0.0459. The number of carbonyl (C=O) groups is 2. The van der Waals surface area contributed by atoms with Gasteiger partial charge in [0.15, 0.2) is 5.41 Å². The molecule has 4 nitrogen and oxygen atoms in total. The molecule has 5 heteroatoms. The number of methoxy groups -OCH3 is 2. The van der Waals surface area contributed by atoms with Crippen molar-refractivity contribution in [3.05, 3.63) is 22.4 Å². The molecule has 122 valence electrons. The van der Waals surface area contributed by atoms with Gasteiger partial charge in [-0.25, -0.2) is 0 Å². The molecule has 0 amide bonds. The topological polar surface area (TPSA) is 52.6 Å². The third kappa shape index (κ3) is 2.35. The Morgan fingerprint density at radius 1 is 1.09 bits per heavy atom. The van der Waals surface area contributed by atoms with E-state index in [2.05, 4.69) is 13.8 Å². The van der Waals surface area contributed by atoms with Crippen LogP contribution in [-0.2, 0) is 24.5 Å². The van der Waals surface area contributed by atoms with E-state index >= 15 is 0 Å². The van der Waals surface area contributed by atoms with E-state index in [0.717, 1.165) is 17.7 Å². The number of carbonyl (C=O) groups excluding carboxylic acids is 2. The van der Waals surface area contributed by atoms with Gasteiger partial charge in [-0.05, 0) is 36.1 Å². The number of rotatable bonds is 3. The molecule has 1 fully saturated rings. The van der Waals surface area contributed by atoms with Gasteiger partial charge in [-0.2, -0.15) is 0 Å². The van der Waals surface area contributed by atoms with Crippen LogP contribution in [0, 0.1) is 10.8 Å². The summed E-state index contributed by atoms with van der Waals surface area (Å²) < 4.78 is 10.1. The van der Waals surface area contributed by atoms with Crippen LogP contribution in [0.25, 0.3) is 0 Å². The highest BCUT2D eigenvalue weighted by Gasteiger charge is 2.65. The first-order valence-electron chi connectivity index (χ1n) is 7.44. The minimum atomic E-state index is -1.28. The van der Waals surface area contributed by atoms with Crippen LogP contribution in [0.15, 0.2) is 17.5 Å². The molecule has 0 spiro atoms. The molecule has 1 aliphatic carbocycles. The average Bonchev–Trinajstić information content (AvgIpc) is 3.00. The third-order valence-corrected chi connectivity index (χ3v) is 6.22. The van der Waals surface area contributed by atoms with Crippen molar-refractivity contribution in [3.8, 4) is 0 Å². The lowest BCUT2D eigenvalue weighted by atomic mass is 9.50. The standard InChI is InChI=1S/C17H24O4S/c1-15(2)8-9-17(13(18)20-4,14(19)21-5)16(3,11-15)12-7-6-10-22-12/h6-7,10H,8-9,11H2,1-5H3. The molecule has 1 saturated carbocycles. The van der Waals surface area contributed by atoms with E-state index in [1.165, 1.54) is 14.2 Å². The van der Waals surface area contributed by atoms with Crippen LogP contribution in [0.5, 0.6) is 0 Å². The van der Waals surface area contributed by atoms with Gasteiger partial charge in [-0.1, -0.05) is 26.8 Å². The second kappa shape index (κ2) is 5.69. The number of ether oxygens (including phenoxy) is 2. The maximum Gasteiger partial charge on any atom is 0.324 e. The Labute approximate surface area is 135 Å². The molecule has 0 aliphatic heterocycles. The predicted octanol–water partition coefficient (Wildman–Crippen LogP) is 3.55. The van der Waals surface area contributed by atoms with Gasteiger partial charge >= 0.3 is 11.9 Å². The summed E-state index contributed by atoms with van der Waals surface area (Å²) in [5, 5.41) is 1.97. The Kier molecular flexibility index (Phi) is 4.39. The molecule has 1 aromatic heterocycles. The summed E-state index contributed by atoms with van der Waals surface area (Å²) >= 11 is 1.57. The second-order valence-electron chi connectivity index (χ2n) is 7.04. The van der Waals surface area contributed by atoms with E-state index in [0.29, 0.717) is 6.42 Å². The maximum atomic E-state index is 12.7. The molecule has 0 aromatic carbocycles. The quantitative estimate of drug-likeness (QED) is 0.630. The molecule has 1 aromatic rings. The van der Waals surface area contributed by atoms with Crippen molar-refractivity contribution in [1.29, 1.82) is 0 Å². The summed E-state index contributed by atoms with van der Waals surface area (Å²) in [6.45, 7) is 6.35. The van der Waals surface area contributed by atoms with Crippen molar-refractivity contribution in [1.82, 2.24) is 0 Å². The lowest BCUT2D eigenvalue weighted by Gasteiger charge is -2.52. The highest BCUT2D eigenvalue weighted by atomic mass is 32.1. The van der Waals surface area contributed by atoms with Crippen molar-refractivity contribution in [2.24, 2.45) is 10.8 Å². The molecule has 22 heavy (non-hydrogen) atoms. The zero-order chi connectivity index (χ0) is 16.6. The molecule has 1 atom stereocenters. The van der Waals surface area contributed by atoms with Crippen molar-refractivity contribution in [2.75, 3.05) is 14.2 Å². The molecule has 0 bridgehead atoms. The number of hydrogen-bond donors (Lipinski definition) is 0. The first kappa shape index (κ1) is 17.0. The van der Waals surface area contributed by atoms with Crippen LogP contribution in [-0.4, -0.2) is 26.2 Å². The molecule has 2 rings (SSSR count). The van der Waals surface area contributed by atoms with Crippen LogP contribution in [0.2, 0.25) is 0 Å². The first-order chi connectivity index (χ1) is 10.2. The van der Waals surface area contributed by atoms with Gasteiger partial charge in [0.05, 0.1) is 14.2 Å². The monoisotopic (exact) mass is 324 g/mol. The largest absolute Gasteiger partial charge is 0.468 e. The number of hydrogen-bond acceptors (Lipinski definition) is 5. The van der Waals surface area contributed by atoms with Crippen LogP contribution < -0.4 is 0 Å². The molecule has 1 unspecified atom stereocenters. The summed E-state index contributed by atoms with van der Waals surface area (Å²) in [4.78, 5) is 26.4. The van der Waals surface area contributed by atoms with Gasteiger partial charge in [0, 0.05) is 10.3 Å². The van der Waals surface area contributed by atoms with E-state index in [1.807, 2.05) is 24.4 Å². The Hall–Kier alpha value is -1.36. The SMILES string of the molecule is COC(=O)C1(C(=O)OC)CCC(C)(C)CC1(C)c1cccs1. The summed E-state index contributed by atoms with van der Waals surface area (Å²) in [7, 11) is 2.67. The van der Waals surface area contributed by atoms with Crippen molar-refractivity contribution < 1.29 is 19.1 Å². The lowest BCUT2D eigenvalue weighted by molar-refractivity contribution is -0.181. The normalized spacial score (nSPS) is 26.2. The van der Waals surface area contributed by atoms with Gasteiger partial charge < -0.3 is 9.47 Å². The fraction of sp³-hybridized carbons (Fsp3) is 0.647. The maximum absolute atomic E-state index is 12.7. The minimum Gasteiger partial charge on any atom is -0.468 e. The average molecular weight is 324 g/mol. The molecule has 1 heterocycles. The first-order valence-corrected chi connectivity index (χ1v) is 8.32.